The van der Waals surface area contributed by atoms with Gasteiger partial charge in [-0.05, 0) is 97.7 Å². The van der Waals surface area contributed by atoms with Gasteiger partial charge < -0.3 is 10.0 Å². The number of rotatable bonds is 19. The Labute approximate surface area is 358 Å². The van der Waals surface area contributed by atoms with Crippen molar-refractivity contribution in [3.05, 3.63) is 112 Å². The summed E-state index contributed by atoms with van der Waals surface area (Å²) in [4.78, 5) is 22.1. The molecule has 60 heavy (non-hydrogen) atoms. The number of unbranched alkanes of at least 4 members (excludes halogenated alkanes) is 1. The molecule has 0 amide bonds. The van der Waals surface area contributed by atoms with Crippen molar-refractivity contribution in [2.24, 2.45) is 15.4 Å². The summed E-state index contributed by atoms with van der Waals surface area (Å²) in [5.74, 6) is -1.46. The number of benzene rings is 2. The van der Waals surface area contributed by atoms with Gasteiger partial charge in [0.2, 0.25) is 0 Å². The Balaban J connectivity index is 1.88. The third-order valence-electron chi connectivity index (χ3n) is 10.3. The molecule has 4 rings (SSSR count). The number of allylic oxidation sites excluding steroid dienone is 9. The molecular formula is C42H52ClN3O11S3. The molecule has 4 N–H and O–H groups in total. The van der Waals surface area contributed by atoms with E-state index in [1.165, 1.54) is 12.1 Å². The fourth-order valence-electron chi connectivity index (χ4n) is 7.05. The van der Waals surface area contributed by atoms with Gasteiger partial charge in [0.05, 0.1) is 22.1 Å². The van der Waals surface area contributed by atoms with Crippen LogP contribution in [-0.4, -0.2) is 86.1 Å². The van der Waals surface area contributed by atoms with E-state index >= 15 is 0 Å². The van der Waals surface area contributed by atoms with Crippen LogP contribution in [0.15, 0.2) is 110 Å². The first-order valence-electron chi connectivity index (χ1n) is 19.2. The summed E-state index contributed by atoms with van der Waals surface area (Å²) in [6, 6.07) is 12.0. The minimum absolute atomic E-state index is 0.0494. The standard InChI is InChI=1S/C42H52ClN3O11S3/c1-6-32(43)27-35-40(44-22-10-24-58(49,50)51)45-37(41(35,2)3)20-16-30(31-14-9-13-29(26-31)12-7-8-15-39(47)48)17-21-38-42(4,5)34-28-33(60(55,56)57)18-19-36(34)46(38)23-11-25-59(52,53)54/h6,9,13-14,16-21,26-28H,7-8,10-12,15,22-25H2,1-5H3,(H,47,48)(H,49,50,51)(H,52,53,54)(H,55,56,57)/b20-16+,30-17-,32-6+,35-27+,38-21+,44-40-. The number of carboxylic acids is 1. The smallest absolute Gasteiger partial charge is 0.303 e. The number of anilines is 1. The number of aryl methyl sites for hydroxylation is 1. The van der Waals surface area contributed by atoms with Gasteiger partial charge in [-0.2, -0.15) is 25.3 Å². The van der Waals surface area contributed by atoms with Crippen LogP contribution in [0.25, 0.3) is 5.57 Å². The normalized spacial score (nSPS) is 19.2. The number of aliphatic imine (C=N–C) groups is 2. The highest BCUT2D eigenvalue weighted by molar-refractivity contribution is 7.86. The lowest BCUT2D eigenvalue weighted by molar-refractivity contribution is -0.137. The van der Waals surface area contributed by atoms with Crippen LogP contribution in [-0.2, 0) is 47.0 Å². The van der Waals surface area contributed by atoms with Gasteiger partial charge in [-0.1, -0.05) is 81.8 Å². The summed E-state index contributed by atoms with van der Waals surface area (Å²) in [6.07, 6.45) is 12.9. The van der Waals surface area contributed by atoms with Crippen molar-refractivity contribution in [3.63, 3.8) is 0 Å². The van der Waals surface area contributed by atoms with Gasteiger partial charge >= 0.3 is 5.97 Å². The van der Waals surface area contributed by atoms with E-state index in [1.807, 2.05) is 81.2 Å². The lowest BCUT2D eigenvalue weighted by atomic mass is 9.80. The van der Waals surface area contributed by atoms with Crippen molar-refractivity contribution in [3.8, 4) is 0 Å². The zero-order valence-corrected chi connectivity index (χ0v) is 37.4. The van der Waals surface area contributed by atoms with Crippen molar-refractivity contribution in [1.82, 2.24) is 0 Å². The average molecular weight is 907 g/mol. The van der Waals surface area contributed by atoms with Crippen LogP contribution in [0.2, 0.25) is 0 Å². The van der Waals surface area contributed by atoms with Gasteiger partial charge in [-0.3, -0.25) is 23.4 Å². The molecule has 0 atom stereocenters. The molecule has 2 aliphatic rings. The Bertz CT molecular complexity index is 2530. The van der Waals surface area contributed by atoms with Crippen LogP contribution < -0.4 is 4.90 Å². The fraction of sp³-hybridized carbons (Fsp3) is 0.405. The predicted molar refractivity (Wildman–Crippen MR) is 237 cm³/mol. The maximum Gasteiger partial charge on any atom is 0.303 e. The largest absolute Gasteiger partial charge is 0.481 e. The first-order valence-corrected chi connectivity index (χ1v) is 24.3. The van der Waals surface area contributed by atoms with Crippen LogP contribution in [0.1, 0.15) is 83.4 Å². The Morgan fingerprint density at radius 1 is 0.900 bits per heavy atom. The second kappa shape index (κ2) is 19.6. The maximum atomic E-state index is 12.2. The van der Waals surface area contributed by atoms with E-state index in [0.717, 1.165) is 11.1 Å². The SMILES string of the molecule is C\C=C(Cl)/C=C1\C(=N\CCCS(=O)(=O)O)N=C(/C=C/C(=C/C=C2/N(CCCS(=O)(=O)O)c3ccc(S(=O)(=O)O)cc3C2(C)C)c2cccc(CCCCC(=O)O)c2)C1(C)C. The first-order chi connectivity index (χ1) is 27.8. The van der Waals surface area contributed by atoms with Gasteiger partial charge in [-0.15, -0.1) is 0 Å². The van der Waals surface area contributed by atoms with Crippen molar-refractivity contribution >= 4 is 70.7 Å². The monoisotopic (exact) mass is 905 g/mol. The molecule has 0 aromatic heterocycles. The van der Waals surface area contributed by atoms with Gasteiger partial charge in [0.25, 0.3) is 30.4 Å². The summed E-state index contributed by atoms with van der Waals surface area (Å²) in [5, 5.41) is 9.56. The number of nitrogens with zero attached hydrogens (tertiary/aromatic N) is 3. The molecule has 2 aliphatic heterocycles. The van der Waals surface area contributed by atoms with Crippen LogP contribution in [0.4, 0.5) is 5.69 Å². The van der Waals surface area contributed by atoms with Crippen molar-refractivity contribution in [2.45, 2.75) is 83.5 Å². The highest BCUT2D eigenvalue weighted by atomic mass is 35.5. The third kappa shape index (κ3) is 13.1. The van der Waals surface area contributed by atoms with E-state index in [2.05, 4.69) is 4.99 Å². The molecule has 2 aromatic rings. The molecule has 0 spiro atoms. The minimum atomic E-state index is -4.55. The molecule has 0 fully saturated rings. The van der Waals surface area contributed by atoms with Crippen molar-refractivity contribution < 1.29 is 48.8 Å². The van der Waals surface area contributed by atoms with Gasteiger partial charge in [0.15, 0.2) is 5.84 Å². The van der Waals surface area contributed by atoms with E-state index in [-0.39, 0.29) is 37.2 Å². The molecule has 2 aromatic carbocycles. The lowest BCUT2D eigenvalue weighted by Gasteiger charge is -2.27. The molecule has 0 bridgehead atoms. The number of fused-ring (bicyclic) bond motifs is 1. The zero-order chi connectivity index (χ0) is 44.7. The summed E-state index contributed by atoms with van der Waals surface area (Å²) in [6.45, 7) is 9.69. The number of aliphatic carboxylic acids is 1. The number of carbonyl (C=O) groups is 1. The highest BCUT2D eigenvalue weighted by Gasteiger charge is 2.41. The summed E-state index contributed by atoms with van der Waals surface area (Å²) >= 11 is 6.46. The van der Waals surface area contributed by atoms with E-state index in [0.29, 0.717) is 63.9 Å². The Hall–Kier alpha value is -4.23. The molecule has 2 heterocycles. The van der Waals surface area contributed by atoms with Crippen molar-refractivity contribution in [1.29, 1.82) is 0 Å². The molecule has 0 saturated heterocycles. The second-order valence-electron chi connectivity index (χ2n) is 15.6. The quantitative estimate of drug-likeness (QED) is 0.0600. The Kier molecular flexibility index (Phi) is 15.9. The molecule has 14 nitrogen and oxygen atoms in total. The van der Waals surface area contributed by atoms with E-state index < -0.39 is 58.7 Å². The van der Waals surface area contributed by atoms with Crippen LogP contribution in [0.5, 0.6) is 0 Å². The Morgan fingerprint density at radius 2 is 1.58 bits per heavy atom. The van der Waals surface area contributed by atoms with Gasteiger partial charge in [-0.25, -0.2) is 4.99 Å². The predicted octanol–water partition coefficient (Wildman–Crippen LogP) is 7.86. The van der Waals surface area contributed by atoms with Gasteiger partial charge in [0.1, 0.15) is 0 Å². The number of halogens is 1. The average Bonchev–Trinajstić information content (AvgIpc) is 3.50. The zero-order valence-electron chi connectivity index (χ0n) is 34.2. The van der Waals surface area contributed by atoms with Crippen molar-refractivity contribution in [2.75, 3.05) is 29.5 Å². The first kappa shape index (κ1) is 48.4. The maximum absolute atomic E-state index is 12.2. The second-order valence-corrected chi connectivity index (χ2v) is 20.6. The van der Waals surface area contributed by atoms with Crippen LogP contribution in [0.3, 0.4) is 0 Å². The van der Waals surface area contributed by atoms with E-state index in [9.17, 15) is 43.7 Å². The molecule has 0 unspecified atom stereocenters. The molecule has 0 saturated carbocycles. The van der Waals surface area contributed by atoms with Gasteiger partial charge in [0, 0.05) is 52.3 Å². The lowest BCUT2D eigenvalue weighted by Crippen LogP contribution is -2.28. The number of hydrogen-bond donors (Lipinski definition) is 4. The van der Waals surface area contributed by atoms with E-state index in [4.69, 9.17) is 21.7 Å². The highest BCUT2D eigenvalue weighted by Crippen LogP contribution is 2.49. The third-order valence-corrected chi connectivity index (χ3v) is 13.1. The Morgan fingerprint density at radius 3 is 2.22 bits per heavy atom. The van der Waals surface area contributed by atoms with E-state index in [1.54, 1.807) is 25.1 Å². The molecular weight excluding hydrogens is 854 g/mol. The summed E-state index contributed by atoms with van der Waals surface area (Å²) < 4.78 is 98.9. The molecule has 0 aliphatic carbocycles. The molecule has 18 heteroatoms. The number of hydrogen-bond acceptors (Lipinski definition) is 9. The van der Waals surface area contributed by atoms with Crippen LogP contribution >= 0.6 is 11.6 Å². The molecule has 0 radical (unpaired) electrons. The summed E-state index contributed by atoms with van der Waals surface area (Å²) in [7, 11) is -13.0. The summed E-state index contributed by atoms with van der Waals surface area (Å²) in [5.41, 5.74) is 4.10. The minimum Gasteiger partial charge on any atom is -0.481 e. The van der Waals surface area contributed by atoms with Crippen LogP contribution in [0, 0.1) is 5.41 Å². The number of amidine groups is 1. The fourth-order valence-corrected chi connectivity index (χ4v) is 8.66. The topological polar surface area (TPSA) is 228 Å². The number of carboxylic acid groups (broad SMARTS) is 1. The molecule has 326 valence electrons.